The number of hydrogen-bond acceptors (Lipinski definition) is 4. The smallest absolute Gasteiger partial charge is 0.375 e. The molecule has 1 fully saturated rings. The average Bonchev–Trinajstić information content (AvgIpc) is 2.90. The van der Waals surface area contributed by atoms with E-state index in [2.05, 4.69) is 4.98 Å². The number of carbonyl (C=O) groups is 1. The minimum absolute atomic E-state index is 0.0851. The summed E-state index contributed by atoms with van der Waals surface area (Å²) in [5.41, 5.74) is 0.322. The number of hydrogen-bond donors (Lipinski definition) is 0. The minimum Gasteiger partial charge on any atom is -0.375 e. The third-order valence-electron chi connectivity index (χ3n) is 3.42. The van der Waals surface area contributed by atoms with Gasteiger partial charge < -0.3 is 9.64 Å². The van der Waals surface area contributed by atoms with Crippen molar-refractivity contribution in [2.24, 2.45) is 0 Å². The number of benzene rings is 1. The molecule has 4 nitrogen and oxygen atoms in total. The maximum Gasteiger partial charge on any atom is 0.443 e. The number of fused-ring (bicyclic) bond motifs is 1. The van der Waals surface area contributed by atoms with Gasteiger partial charge in [-0.1, -0.05) is 6.07 Å². The number of nitrogens with zero attached hydrogens (tertiary/aromatic N) is 2. The molecule has 22 heavy (non-hydrogen) atoms. The number of morpholine rings is 1. The van der Waals surface area contributed by atoms with Crippen LogP contribution in [0.2, 0.25) is 0 Å². The average molecular weight is 330 g/mol. The Balaban J connectivity index is 1.99. The van der Waals surface area contributed by atoms with Gasteiger partial charge in [0.1, 0.15) is 0 Å². The maximum atomic E-state index is 12.8. The molecule has 2 aromatic rings. The Labute approximate surface area is 128 Å². The Morgan fingerprint density at radius 3 is 2.91 bits per heavy atom. The van der Waals surface area contributed by atoms with Gasteiger partial charge in [0, 0.05) is 13.1 Å². The van der Waals surface area contributed by atoms with Crippen molar-refractivity contribution in [1.82, 2.24) is 9.88 Å². The summed E-state index contributed by atoms with van der Waals surface area (Å²) in [7, 11) is 0. The summed E-state index contributed by atoms with van der Waals surface area (Å²) in [6.45, 7) is 3.12. The van der Waals surface area contributed by atoms with Gasteiger partial charge in [-0.2, -0.15) is 13.2 Å². The second-order valence-corrected chi connectivity index (χ2v) is 6.13. The highest BCUT2D eigenvalue weighted by Gasteiger charge is 2.35. The second-order valence-electron chi connectivity index (χ2n) is 5.10. The first-order chi connectivity index (χ1) is 10.4. The molecule has 0 bridgehead atoms. The zero-order chi connectivity index (χ0) is 15.9. The van der Waals surface area contributed by atoms with E-state index in [0.717, 1.165) is 0 Å². The molecule has 1 atom stereocenters. The van der Waals surface area contributed by atoms with E-state index in [-0.39, 0.29) is 23.1 Å². The first-order valence-corrected chi connectivity index (χ1v) is 7.55. The number of para-hydroxylation sites is 1. The molecule has 0 N–H and O–H groups in total. The summed E-state index contributed by atoms with van der Waals surface area (Å²) in [5.74, 6) is -0.306. The molecule has 1 aromatic carbocycles. The van der Waals surface area contributed by atoms with E-state index >= 15 is 0 Å². The molecule has 1 amide bonds. The maximum absolute atomic E-state index is 12.8. The Morgan fingerprint density at radius 2 is 2.23 bits per heavy atom. The number of amides is 1. The standard InChI is InChI=1S/C14H13F3N2O2S/c1-8-7-19(5-6-21-8)12(20)9-3-2-4-10-11(9)18-13(22-10)14(15,16)17/h2-4,8H,5-7H2,1H3/t8-/m0/s1. The largest absolute Gasteiger partial charge is 0.443 e. The van der Waals surface area contributed by atoms with E-state index in [4.69, 9.17) is 4.74 Å². The Hall–Kier alpha value is -1.67. The Kier molecular flexibility index (Phi) is 3.82. The lowest BCUT2D eigenvalue weighted by Gasteiger charge is -2.31. The molecule has 0 saturated carbocycles. The molecule has 1 aliphatic heterocycles. The molecule has 1 saturated heterocycles. The third kappa shape index (κ3) is 2.80. The highest BCUT2D eigenvalue weighted by molar-refractivity contribution is 7.18. The second kappa shape index (κ2) is 5.51. The van der Waals surface area contributed by atoms with Crippen LogP contribution >= 0.6 is 11.3 Å². The molecular formula is C14H13F3N2O2S. The number of ether oxygens (including phenoxy) is 1. The van der Waals surface area contributed by atoms with Gasteiger partial charge in [-0.25, -0.2) is 4.98 Å². The van der Waals surface area contributed by atoms with Gasteiger partial charge in [0.15, 0.2) is 5.01 Å². The van der Waals surface area contributed by atoms with Gasteiger partial charge in [0.05, 0.1) is 28.5 Å². The van der Waals surface area contributed by atoms with Crippen LogP contribution in [0, 0.1) is 0 Å². The highest BCUT2D eigenvalue weighted by atomic mass is 32.1. The first kappa shape index (κ1) is 15.2. The molecule has 118 valence electrons. The number of carbonyl (C=O) groups excluding carboxylic acids is 1. The number of aromatic nitrogens is 1. The molecule has 0 radical (unpaired) electrons. The van der Waals surface area contributed by atoms with Crippen molar-refractivity contribution in [3.8, 4) is 0 Å². The van der Waals surface area contributed by atoms with Crippen molar-refractivity contribution < 1.29 is 22.7 Å². The van der Waals surface area contributed by atoms with E-state index in [1.165, 1.54) is 6.07 Å². The zero-order valence-electron chi connectivity index (χ0n) is 11.7. The van der Waals surface area contributed by atoms with Gasteiger partial charge in [-0.3, -0.25) is 4.79 Å². The van der Waals surface area contributed by atoms with Crippen LogP contribution in [0.1, 0.15) is 22.3 Å². The molecule has 1 aromatic heterocycles. The fraction of sp³-hybridized carbons (Fsp3) is 0.429. The third-order valence-corrected chi connectivity index (χ3v) is 4.49. The van der Waals surface area contributed by atoms with Crippen molar-refractivity contribution in [3.63, 3.8) is 0 Å². The summed E-state index contributed by atoms with van der Waals surface area (Å²) in [5, 5.41) is -0.932. The SMILES string of the molecule is C[C@H]1CN(C(=O)c2cccc3sc(C(F)(F)F)nc23)CCO1. The van der Waals surface area contributed by atoms with Crippen LogP contribution < -0.4 is 0 Å². The zero-order valence-corrected chi connectivity index (χ0v) is 12.5. The first-order valence-electron chi connectivity index (χ1n) is 6.74. The van der Waals surface area contributed by atoms with Crippen molar-refractivity contribution >= 4 is 27.5 Å². The van der Waals surface area contributed by atoms with Gasteiger partial charge in [0.25, 0.3) is 5.91 Å². The van der Waals surface area contributed by atoms with Crippen molar-refractivity contribution in [3.05, 3.63) is 28.8 Å². The van der Waals surface area contributed by atoms with E-state index in [1.807, 2.05) is 6.92 Å². The summed E-state index contributed by atoms with van der Waals surface area (Å²) in [4.78, 5) is 17.8. The Morgan fingerprint density at radius 1 is 1.45 bits per heavy atom. The van der Waals surface area contributed by atoms with Crippen LogP contribution in [0.3, 0.4) is 0 Å². The van der Waals surface area contributed by atoms with E-state index in [9.17, 15) is 18.0 Å². The predicted octanol–water partition coefficient (Wildman–Crippen LogP) is 3.18. The van der Waals surface area contributed by atoms with Crippen LogP contribution in [0.15, 0.2) is 18.2 Å². The van der Waals surface area contributed by atoms with Crippen LogP contribution in [-0.2, 0) is 10.9 Å². The van der Waals surface area contributed by atoms with E-state index in [1.54, 1.807) is 17.0 Å². The fourth-order valence-electron chi connectivity index (χ4n) is 2.42. The molecule has 8 heteroatoms. The molecule has 2 heterocycles. The van der Waals surface area contributed by atoms with Crippen molar-refractivity contribution in [1.29, 1.82) is 0 Å². The molecule has 0 spiro atoms. The van der Waals surface area contributed by atoms with E-state index in [0.29, 0.717) is 35.7 Å². The summed E-state index contributed by atoms with van der Waals surface area (Å²) < 4.78 is 44.1. The number of alkyl halides is 3. The quantitative estimate of drug-likeness (QED) is 0.806. The molecule has 1 aliphatic rings. The van der Waals surface area contributed by atoms with Crippen LogP contribution in [0.4, 0.5) is 13.2 Å². The van der Waals surface area contributed by atoms with Gasteiger partial charge in [-0.15, -0.1) is 11.3 Å². The fourth-order valence-corrected chi connectivity index (χ4v) is 3.28. The monoisotopic (exact) mass is 330 g/mol. The van der Waals surface area contributed by atoms with Gasteiger partial charge in [-0.05, 0) is 19.1 Å². The molecular weight excluding hydrogens is 317 g/mol. The van der Waals surface area contributed by atoms with Crippen molar-refractivity contribution in [2.75, 3.05) is 19.7 Å². The molecule has 0 aliphatic carbocycles. The number of halogens is 3. The van der Waals surface area contributed by atoms with Crippen LogP contribution in [0.5, 0.6) is 0 Å². The van der Waals surface area contributed by atoms with E-state index < -0.39 is 11.2 Å². The predicted molar refractivity (Wildman–Crippen MR) is 75.9 cm³/mol. The lowest BCUT2D eigenvalue weighted by atomic mass is 10.1. The lowest BCUT2D eigenvalue weighted by Crippen LogP contribution is -2.44. The number of thiazole rings is 1. The van der Waals surface area contributed by atoms with Gasteiger partial charge >= 0.3 is 6.18 Å². The molecule has 3 rings (SSSR count). The summed E-state index contributed by atoms with van der Waals surface area (Å²) in [6, 6.07) is 4.64. The normalized spacial score (nSPS) is 19.6. The Bertz CT molecular complexity index is 714. The van der Waals surface area contributed by atoms with Crippen LogP contribution in [0.25, 0.3) is 10.2 Å². The van der Waals surface area contributed by atoms with Crippen LogP contribution in [-0.4, -0.2) is 41.6 Å². The topological polar surface area (TPSA) is 42.4 Å². The summed E-state index contributed by atoms with van der Waals surface area (Å²) >= 11 is 0.551. The lowest BCUT2D eigenvalue weighted by molar-refractivity contribution is -0.137. The summed E-state index contributed by atoms with van der Waals surface area (Å²) in [6.07, 6.45) is -4.59. The highest BCUT2D eigenvalue weighted by Crippen LogP contribution is 2.36. The van der Waals surface area contributed by atoms with Crippen molar-refractivity contribution in [2.45, 2.75) is 19.2 Å². The number of rotatable bonds is 1. The molecule has 0 unspecified atom stereocenters. The van der Waals surface area contributed by atoms with Gasteiger partial charge in [0.2, 0.25) is 0 Å². The minimum atomic E-state index is -4.50.